The van der Waals surface area contributed by atoms with Crippen LogP contribution in [0.2, 0.25) is 0 Å². The van der Waals surface area contributed by atoms with Crippen molar-refractivity contribution in [3.63, 3.8) is 0 Å². The summed E-state index contributed by atoms with van der Waals surface area (Å²) in [5.41, 5.74) is 3.14. The first-order chi connectivity index (χ1) is 9.65. The van der Waals surface area contributed by atoms with E-state index in [2.05, 4.69) is 37.6 Å². The van der Waals surface area contributed by atoms with Crippen LogP contribution in [0.25, 0.3) is 11.0 Å². The monoisotopic (exact) mass is 330 g/mol. The Morgan fingerprint density at radius 3 is 2.55 bits per heavy atom. The molecule has 0 saturated heterocycles. The molecule has 3 nitrogen and oxygen atoms in total. The van der Waals surface area contributed by atoms with Crippen LogP contribution >= 0.6 is 15.9 Å². The number of hydrogen-bond donors (Lipinski definition) is 1. The Labute approximate surface area is 126 Å². The molecule has 1 aromatic heterocycles. The molecule has 0 saturated carbocycles. The zero-order chi connectivity index (χ0) is 14.1. The summed E-state index contributed by atoms with van der Waals surface area (Å²) in [4.78, 5) is 4.53. The molecule has 4 heteroatoms. The molecule has 3 rings (SSSR count). The van der Waals surface area contributed by atoms with Gasteiger partial charge in [-0.1, -0.05) is 40.2 Å². The number of hydrogen-bond acceptors (Lipinski definition) is 2. The summed E-state index contributed by atoms with van der Waals surface area (Å²) in [5.74, 6) is 0.703. The Hall–Kier alpha value is -1.65. The van der Waals surface area contributed by atoms with Crippen LogP contribution in [0.5, 0.6) is 0 Å². The number of fused-ring (bicyclic) bond motifs is 1. The second-order valence-electron chi connectivity index (χ2n) is 4.85. The molecule has 20 heavy (non-hydrogen) atoms. The van der Waals surface area contributed by atoms with Crippen LogP contribution in [0.1, 0.15) is 24.4 Å². The fourth-order valence-corrected chi connectivity index (χ4v) is 2.62. The maximum atomic E-state index is 9.94. The molecule has 1 atom stereocenters. The average molecular weight is 331 g/mol. The Morgan fingerprint density at radius 2 is 1.85 bits per heavy atom. The summed E-state index contributed by atoms with van der Waals surface area (Å²) >= 11 is 3.44. The number of aliphatic hydroxyl groups excluding tert-OH is 1. The summed E-state index contributed by atoms with van der Waals surface area (Å²) in [6, 6.07) is 16.2. The normalized spacial score (nSPS) is 12.8. The minimum absolute atomic E-state index is 0.585. The molecule has 0 aliphatic heterocycles. The van der Waals surface area contributed by atoms with Gasteiger partial charge in [-0.05, 0) is 36.8 Å². The quantitative estimate of drug-likeness (QED) is 0.790. The predicted molar refractivity (Wildman–Crippen MR) is 83.6 cm³/mol. The summed E-state index contributed by atoms with van der Waals surface area (Å²) in [7, 11) is 0. The van der Waals surface area contributed by atoms with Gasteiger partial charge in [0, 0.05) is 11.0 Å². The third-order valence-corrected chi connectivity index (χ3v) is 3.84. The van der Waals surface area contributed by atoms with E-state index in [1.807, 2.05) is 36.4 Å². The number of rotatable bonds is 3. The van der Waals surface area contributed by atoms with Gasteiger partial charge in [-0.2, -0.15) is 0 Å². The third kappa shape index (κ3) is 2.49. The molecule has 0 unspecified atom stereocenters. The van der Waals surface area contributed by atoms with Gasteiger partial charge < -0.3 is 9.67 Å². The van der Waals surface area contributed by atoms with E-state index in [4.69, 9.17) is 0 Å². The van der Waals surface area contributed by atoms with Crippen LogP contribution in [-0.2, 0) is 6.54 Å². The summed E-state index contributed by atoms with van der Waals surface area (Å²) < 4.78 is 3.14. The van der Waals surface area contributed by atoms with Crippen molar-refractivity contribution >= 4 is 27.0 Å². The van der Waals surface area contributed by atoms with E-state index < -0.39 is 6.10 Å². The highest BCUT2D eigenvalue weighted by atomic mass is 79.9. The second kappa shape index (κ2) is 5.38. The third-order valence-electron chi connectivity index (χ3n) is 3.31. The van der Waals surface area contributed by atoms with Crippen LogP contribution in [0.3, 0.4) is 0 Å². The SMILES string of the molecule is C[C@@H](O)c1nc2ccccc2n1Cc1ccc(Br)cc1. The van der Waals surface area contributed by atoms with E-state index in [0.717, 1.165) is 15.5 Å². The lowest BCUT2D eigenvalue weighted by molar-refractivity contribution is 0.185. The zero-order valence-corrected chi connectivity index (χ0v) is 12.7. The molecule has 1 heterocycles. The Balaban J connectivity index is 2.09. The van der Waals surface area contributed by atoms with Gasteiger partial charge in [0.15, 0.2) is 0 Å². The molecule has 0 radical (unpaired) electrons. The van der Waals surface area contributed by atoms with Gasteiger partial charge in [0.2, 0.25) is 0 Å². The molecular weight excluding hydrogens is 316 g/mol. The number of benzene rings is 2. The average Bonchev–Trinajstić information content (AvgIpc) is 2.81. The lowest BCUT2D eigenvalue weighted by Gasteiger charge is -2.11. The molecule has 0 spiro atoms. The van der Waals surface area contributed by atoms with Crippen molar-refractivity contribution in [1.29, 1.82) is 0 Å². The maximum Gasteiger partial charge on any atom is 0.138 e. The Bertz CT molecular complexity index is 732. The number of halogens is 1. The molecular formula is C16H15BrN2O. The van der Waals surface area contributed by atoms with E-state index in [9.17, 15) is 5.11 Å². The summed E-state index contributed by atoms with van der Waals surface area (Å²) in [6.07, 6.45) is -0.585. The van der Waals surface area contributed by atoms with Gasteiger partial charge >= 0.3 is 0 Å². The van der Waals surface area contributed by atoms with Crippen LogP contribution < -0.4 is 0 Å². The number of aromatic nitrogens is 2. The maximum absolute atomic E-state index is 9.94. The van der Waals surface area contributed by atoms with E-state index in [1.54, 1.807) is 6.92 Å². The van der Waals surface area contributed by atoms with Crippen molar-refractivity contribution in [1.82, 2.24) is 9.55 Å². The van der Waals surface area contributed by atoms with E-state index in [1.165, 1.54) is 5.56 Å². The standard InChI is InChI=1S/C16H15BrN2O/c1-11(20)16-18-14-4-2-3-5-15(14)19(16)10-12-6-8-13(17)9-7-12/h2-9,11,20H,10H2,1H3/t11-/m1/s1. The molecule has 0 fully saturated rings. The summed E-state index contributed by atoms with van der Waals surface area (Å²) in [6.45, 7) is 2.45. The first-order valence-electron chi connectivity index (χ1n) is 6.53. The minimum Gasteiger partial charge on any atom is -0.385 e. The Kier molecular flexibility index (Phi) is 3.59. The molecule has 102 valence electrons. The van der Waals surface area contributed by atoms with E-state index in [-0.39, 0.29) is 0 Å². The predicted octanol–water partition coefficient (Wildman–Crippen LogP) is 3.90. The molecule has 1 N–H and O–H groups in total. The molecule has 2 aromatic carbocycles. The number of imidazole rings is 1. The second-order valence-corrected chi connectivity index (χ2v) is 5.76. The van der Waals surface area contributed by atoms with Gasteiger partial charge in [-0.25, -0.2) is 4.98 Å². The fourth-order valence-electron chi connectivity index (χ4n) is 2.35. The molecule has 0 amide bonds. The van der Waals surface area contributed by atoms with Crippen LogP contribution in [0, 0.1) is 0 Å². The minimum atomic E-state index is -0.585. The number of aliphatic hydroxyl groups is 1. The van der Waals surface area contributed by atoms with Gasteiger partial charge in [-0.3, -0.25) is 0 Å². The van der Waals surface area contributed by atoms with E-state index >= 15 is 0 Å². The van der Waals surface area contributed by atoms with Crippen LogP contribution in [0.4, 0.5) is 0 Å². The largest absolute Gasteiger partial charge is 0.385 e. The van der Waals surface area contributed by atoms with Crippen LogP contribution in [-0.4, -0.2) is 14.7 Å². The summed E-state index contributed by atoms with van der Waals surface area (Å²) in [5, 5.41) is 9.94. The van der Waals surface area contributed by atoms with Gasteiger partial charge in [0.25, 0.3) is 0 Å². The zero-order valence-electron chi connectivity index (χ0n) is 11.1. The van der Waals surface area contributed by atoms with E-state index in [0.29, 0.717) is 12.4 Å². The lowest BCUT2D eigenvalue weighted by atomic mass is 10.2. The molecule has 0 aliphatic carbocycles. The van der Waals surface area contributed by atoms with Gasteiger partial charge in [0.1, 0.15) is 11.9 Å². The fraction of sp³-hybridized carbons (Fsp3) is 0.188. The number of para-hydroxylation sites is 2. The van der Waals surface area contributed by atoms with Crippen molar-refractivity contribution < 1.29 is 5.11 Å². The number of nitrogens with zero attached hydrogens (tertiary/aromatic N) is 2. The van der Waals surface area contributed by atoms with Crippen molar-refractivity contribution in [2.75, 3.05) is 0 Å². The highest BCUT2D eigenvalue weighted by Gasteiger charge is 2.14. The molecule has 3 aromatic rings. The van der Waals surface area contributed by atoms with Crippen molar-refractivity contribution in [3.05, 3.63) is 64.4 Å². The van der Waals surface area contributed by atoms with Crippen molar-refractivity contribution in [2.45, 2.75) is 19.6 Å². The molecule has 0 bridgehead atoms. The van der Waals surface area contributed by atoms with Gasteiger partial charge in [-0.15, -0.1) is 0 Å². The highest BCUT2D eigenvalue weighted by molar-refractivity contribution is 9.10. The molecule has 0 aliphatic rings. The lowest BCUT2D eigenvalue weighted by Crippen LogP contribution is -2.07. The van der Waals surface area contributed by atoms with Crippen molar-refractivity contribution in [3.8, 4) is 0 Å². The smallest absolute Gasteiger partial charge is 0.138 e. The van der Waals surface area contributed by atoms with Crippen LogP contribution in [0.15, 0.2) is 53.0 Å². The van der Waals surface area contributed by atoms with Crippen molar-refractivity contribution in [2.24, 2.45) is 0 Å². The first-order valence-corrected chi connectivity index (χ1v) is 7.32. The highest BCUT2D eigenvalue weighted by Crippen LogP contribution is 2.22. The topological polar surface area (TPSA) is 38.1 Å². The Morgan fingerprint density at radius 1 is 1.15 bits per heavy atom. The van der Waals surface area contributed by atoms with Gasteiger partial charge in [0.05, 0.1) is 11.0 Å². The first kappa shape index (κ1) is 13.3.